The van der Waals surface area contributed by atoms with Crippen LogP contribution in [-0.4, -0.2) is 25.3 Å². The third kappa shape index (κ3) is 3.01. The predicted molar refractivity (Wildman–Crippen MR) is 66.1 cm³/mol. The van der Waals surface area contributed by atoms with Crippen molar-refractivity contribution < 1.29 is 4.74 Å². The molecule has 1 aliphatic rings. The summed E-state index contributed by atoms with van der Waals surface area (Å²) in [7, 11) is 0. The topological polar surface area (TPSA) is 47.3 Å². The quantitative estimate of drug-likeness (QED) is 0.888. The highest BCUT2D eigenvalue weighted by molar-refractivity contribution is 9.10. The maximum atomic E-state index is 6.14. The van der Waals surface area contributed by atoms with E-state index in [1.165, 1.54) is 9.35 Å². The molecule has 1 aliphatic heterocycles. The van der Waals surface area contributed by atoms with Gasteiger partial charge in [0.2, 0.25) is 0 Å². The molecule has 1 unspecified atom stereocenters. The molecule has 1 saturated heterocycles. The van der Waals surface area contributed by atoms with Crippen LogP contribution in [0.3, 0.4) is 0 Å². The summed E-state index contributed by atoms with van der Waals surface area (Å²) in [6.07, 6.45) is 0.950. The number of ether oxygens (including phenoxy) is 1. The molecule has 0 aliphatic carbocycles. The van der Waals surface area contributed by atoms with Gasteiger partial charge in [0.15, 0.2) is 0 Å². The van der Waals surface area contributed by atoms with Gasteiger partial charge in [0, 0.05) is 29.0 Å². The number of nitrogens with two attached hydrogens (primary N) is 1. The monoisotopic (exact) mass is 290 g/mol. The zero-order valence-electron chi connectivity index (χ0n) is 8.46. The molecule has 0 aromatic carbocycles. The number of rotatable bonds is 4. The Morgan fingerprint density at radius 3 is 3.13 bits per heavy atom. The van der Waals surface area contributed by atoms with Gasteiger partial charge in [-0.1, -0.05) is 0 Å². The van der Waals surface area contributed by atoms with Crippen LogP contribution in [0.4, 0.5) is 0 Å². The van der Waals surface area contributed by atoms with E-state index in [0.29, 0.717) is 6.61 Å². The van der Waals surface area contributed by atoms with Crippen molar-refractivity contribution in [1.82, 2.24) is 5.32 Å². The first-order valence-corrected chi connectivity index (χ1v) is 6.66. The van der Waals surface area contributed by atoms with Crippen molar-refractivity contribution in [3.63, 3.8) is 0 Å². The van der Waals surface area contributed by atoms with Crippen LogP contribution in [0.25, 0.3) is 0 Å². The highest BCUT2D eigenvalue weighted by atomic mass is 79.9. The molecule has 2 heterocycles. The molecule has 1 aromatic heterocycles. The van der Waals surface area contributed by atoms with Crippen LogP contribution < -0.4 is 11.1 Å². The van der Waals surface area contributed by atoms with Gasteiger partial charge in [0.25, 0.3) is 0 Å². The molecular formula is C10H15BrN2OS. The normalized spacial score (nSPS) is 26.0. The van der Waals surface area contributed by atoms with Gasteiger partial charge in [0.1, 0.15) is 0 Å². The maximum absolute atomic E-state index is 6.14. The van der Waals surface area contributed by atoms with Crippen LogP contribution in [0.2, 0.25) is 0 Å². The summed E-state index contributed by atoms with van der Waals surface area (Å²) in [5.41, 5.74) is 5.98. The average molecular weight is 291 g/mol. The Morgan fingerprint density at radius 2 is 2.53 bits per heavy atom. The minimum Gasteiger partial charge on any atom is -0.379 e. The van der Waals surface area contributed by atoms with E-state index < -0.39 is 0 Å². The lowest BCUT2D eigenvalue weighted by molar-refractivity contribution is 0.177. The van der Waals surface area contributed by atoms with Crippen molar-refractivity contribution in [2.75, 3.05) is 19.8 Å². The van der Waals surface area contributed by atoms with E-state index >= 15 is 0 Å². The summed E-state index contributed by atoms with van der Waals surface area (Å²) < 4.78 is 6.47. The Balaban J connectivity index is 1.77. The lowest BCUT2D eigenvalue weighted by Gasteiger charge is -2.21. The van der Waals surface area contributed by atoms with Gasteiger partial charge in [-0.05, 0) is 33.8 Å². The Kier molecular flexibility index (Phi) is 3.79. The van der Waals surface area contributed by atoms with E-state index in [4.69, 9.17) is 10.5 Å². The number of halogens is 1. The summed E-state index contributed by atoms with van der Waals surface area (Å²) in [5.74, 6) is 0. The second-order valence-electron chi connectivity index (χ2n) is 3.96. The van der Waals surface area contributed by atoms with E-state index in [1.54, 1.807) is 11.3 Å². The van der Waals surface area contributed by atoms with Crippen LogP contribution in [0, 0.1) is 0 Å². The van der Waals surface area contributed by atoms with Gasteiger partial charge in [-0.15, -0.1) is 11.3 Å². The van der Waals surface area contributed by atoms with Gasteiger partial charge in [-0.2, -0.15) is 0 Å². The second kappa shape index (κ2) is 4.93. The van der Waals surface area contributed by atoms with Gasteiger partial charge in [-0.25, -0.2) is 0 Å². The zero-order chi connectivity index (χ0) is 10.7. The first-order valence-electron chi connectivity index (χ1n) is 4.99. The van der Waals surface area contributed by atoms with E-state index in [9.17, 15) is 0 Å². The van der Waals surface area contributed by atoms with Gasteiger partial charge < -0.3 is 15.8 Å². The fourth-order valence-corrected chi connectivity index (χ4v) is 3.10. The molecule has 3 nitrogen and oxygen atoms in total. The molecule has 0 saturated carbocycles. The summed E-state index contributed by atoms with van der Waals surface area (Å²) in [6.45, 7) is 3.15. The first-order chi connectivity index (χ1) is 7.20. The van der Waals surface area contributed by atoms with Gasteiger partial charge in [-0.3, -0.25) is 0 Å². The molecule has 5 heteroatoms. The van der Waals surface area contributed by atoms with Crippen molar-refractivity contribution >= 4 is 27.3 Å². The van der Waals surface area contributed by atoms with Crippen LogP contribution >= 0.6 is 27.3 Å². The molecular weight excluding hydrogens is 276 g/mol. The molecule has 1 atom stereocenters. The third-order valence-corrected chi connectivity index (χ3v) is 4.51. The highest BCUT2D eigenvalue weighted by Gasteiger charge is 2.29. The second-order valence-corrected chi connectivity index (χ2v) is 5.82. The Labute approximate surface area is 102 Å². The molecule has 0 bridgehead atoms. The van der Waals surface area contributed by atoms with Crippen molar-refractivity contribution in [2.24, 2.45) is 5.73 Å². The van der Waals surface area contributed by atoms with Gasteiger partial charge in [0.05, 0.1) is 12.1 Å². The van der Waals surface area contributed by atoms with E-state index in [2.05, 4.69) is 32.7 Å². The van der Waals surface area contributed by atoms with Crippen LogP contribution in [0.15, 0.2) is 15.9 Å². The number of nitrogens with one attached hydrogen (secondary N) is 1. The largest absolute Gasteiger partial charge is 0.379 e. The number of thiophene rings is 1. The summed E-state index contributed by atoms with van der Waals surface area (Å²) in [6, 6.07) is 2.07. The molecule has 0 radical (unpaired) electrons. The SMILES string of the molecule is NC1(CNCc2sccc2Br)CCOC1. The third-order valence-electron chi connectivity index (χ3n) is 2.59. The molecule has 1 fully saturated rings. The highest BCUT2D eigenvalue weighted by Crippen LogP contribution is 2.22. The molecule has 0 spiro atoms. The molecule has 3 N–H and O–H groups in total. The first kappa shape index (κ1) is 11.5. The average Bonchev–Trinajstić information content (AvgIpc) is 2.78. The smallest absolute Gasteiger partial charge is 0.0659 e. The lowest BCUT2D eigenvalue weighted by atomic mass is 10.0. The standard InChI is InChI=1S/C10H15BrN2OS/c11-8-1-4-15-9(8)5-13-6-10(12)2-3-14-7-10/h1,4,13H,2-3,5-7,12H2. The summed E-state index contributed by atoms with van der Waals surface area (Å²) >= 11 is 5.26. The fraction of sp³-hybridized carbons (Fsp3) is 0.600. The molecule has 15 heavy (non-hydrogen) atoms. The summed E-state index contributed by atoms with van der Waals surface area (Å²) in [4.78, 5) is 1.32. The maximum Gasteiger partial charge on any atom is 0.0659 e. The van der Waals surface area contributed by atoms with Crippen molar-refractivity contribution in [2.45, 2.75) is 18.5 Å². The molecule has 1 aromatic rings. The zero-order valence-corrected chi connectivity index (χ0v) is 10.9. The van der Waals surface area contributed by atoms with Crippen LogP contribution in [0.5, 0.6) is 0 Å². The lowest BCUT2D eigenvalue weighted by Crippen LogP contribution is -2.49. The Morgan fingerprint density at radius 1 is 1.67 bits per heavy atom. The Hall–Kier alpha value is 0.0600. The van der Waals surface area contributed by atoms with E-state index in [-0.39, 0.29) is 5.54 Å². The van der Waals surface area contributed by atoms with Crippen LogP contribution in [0.1, 0.15) is 11.3 Å². The van der Waals surface area contributed by atoms with Crippen molar-refractivity contribution in [3.05, 3.63) is 20.8 Å². The van der Waals surface area contributed by atoms with Gasteiger partial charge >= 0.3 is 0 Å². The Bertz CT molecular complexity index is 323. The van der Waals surface area contributed by atoms with Crippen LogP contribution in [-0.2, 0) is 11.3 Å². The minimum atomic E-state index is -0.163. The predicted octanol–water partition coefficient (Wildman–Crippen LogP) is 1.72. The van der Waals surface area contributed by atoms with E-state index in [1.807, 2.05) is 0 Å². The minimum absolute atomic E-state index is 0.163. The number of hydrogen-bond acceptors (Lipinski definition) is 4. The molecule has 2 rings (SSSR count). The van der Waals surface area contributed by atoms with Crippen molar-refractivity contribution in [3.8, 4) is 0 Å². The summed E-state index contributed by atoms with van der Waals surface area (Å²) in [5, 5.41) is 5.47. The van der Waals surface area contributed by atoms with Crippen molar-refractivity contribution in [1.29, 1.82) is 0 Å². The molecule has 0 amide bonds. The fourth-order valence-electron chi connectivity index (χ4n) is 1.64. The number of hydrogen-bond donors (Lipinski definition) is 2. The van der Waals surface area contributed by atoms with E-state index in [0.717, 1.165) is 26.1 Å². The molecule has 84 valence electrons.